The molecule has 102 valence electrons. The molecule has 19 heavy (non-hydrogen) atoms. The third kappa shape index (κ3) is 2.57. The molecule has 1 unspecified atom stereocenters. The van der Waals surface area contributed by atoms with Crippen LogP contribution < -0.4 is 0 Å². The average molecular weight is 276 g/mol. The summed E-state index contributed by atoms with van der Waals surface area (Å²) < 4.78 is 0. The molecule has 0 aliphatic heterocycles. The molecule has 1 fully saturated rings. The summed E-state index contributed by atoms with van der Waals surface area (Å²) in [5.41, 5.74) is 1.73. The highest BCUT2D eigenvalue weighted by molar-refractivity contribution is 7.09. The van der Waals surface area contributed by atoms with E-state index in [4.69, 9.17) is 0 Å². The molecule has 0 saturated heterocycles. The first-order chi connectivity index (χ1) is 8.91. The Balaban J connectivity index is 2.17. The second kappa shape index (κ2) is 5.05. The van der Waals surface area contributed by atoms with Crippen LogP contribution in [0.1, 0.15) is 50.1 Å². The van der Waals surface area contributed by atoms with E-state index in [2.05, 4.69) is 11.1 Å². The summed E-state index contributed by atoms with van der Waals surface area (Å²) in [5.74, 6) is 0.135. The number of nitrogens with zero attached hydrogens (tertiary/aromatic N) is 2. The van der Waals surface area contributed by atoms with Gasteiger partial charge in [0.25, 0.3) is 0 Å². The summed E-state index contributed by atoms with van der Waals surface area (Å²) in [4.78, 5) is 18.0. The fourth-order valence-electron chi connectivity index (χ4n) is 3.00. The van der Waals surface area contributed by atoms with Gasteiger partial charge in [0.1, 0.15) is 5.41 Å². The number of aryl methyl sites for hydroxylation is 2. The third-order valence-electron chi connectivity index (χ3n) is 4.29. The van der Waals surface area contributed by atoms with Crippen LogP contribution in [-0.4, -0.2) is 10.8 Å². The highest BCUT2D eigenvalue weighted by Crippen LogP contribution is 2.45. The van der Waals surface area contributed by atoms with Crippen molar-refractivity contribution in [3.8, 4) is 6.07 Å². The molecule has 1 aromatic heterocycles. The van der Waals surface area contributed by atoms with Crippen molar-refractivity contribution in [3.63, 3.8) is 0 Å². The van der Waals surface area contributed by atoms with Gasteiger partial charge < -0.3 is 0 Å². The van der Waals surface area contributed by atoms with Crippen molar-refractivity contribution in [2.75, 3.05) is 0 Å². The third-order valence-corrected chi connectivity index (χ3v) is 5.29. The fraction of sp³-hybridized carbons (Fsp3) is 0.667. The Morgan fingerprint density at radius 3 is 2.79 bits per heavy atom. The van der Waals surface area contributed by atoms with Crippen LogP contribution in [-0.2, 0) is 11.2 Å². The van der Waals surface area contributed by atoms with E-state index >= 15 is 0 Å². The zero-order chi connectivity index (χ0) is 14.1. The summed E-state index contributed by atoms with van der Waals surface area (Å²) in [6.07, 6.45) is 3.99. The molecule has 1 heterocycles. The van der Waals surface area contributed by atoms with Crippen molar-refractivity contribution >= 4 is 17.1 Å². The Labute approximate surface area is 118 Å². The van der Waals surface area contributed by atoms with Gasteiger partial charge >= 0.3 is 0 Å². The topological polar surface area (TPSA) is 53.8 Å². The zero-order valence-electron chi connectivity index (χ0n) is 11.8. The summed E-state index contributed by atoms with van der Waals surface area (Å²) in [6, 6.07) is 2.34. The lowest BCUT2D eigenvalue weighted by Crippen LogP contribution is -2.44. The van der Waals surface area contributed by atoms with E-state index in [0.29, 0.717) is 12.8 Å². The average Bonchev–Trinajstić information content (AvgIpc) is 2.77. The Kier molecular flexibility index (Phi) is 3.78. The van der Waals surface area contributed by atoms with E-state index in [0.717, 1.165) is 25.0 Å². The van der Waals surface area contributed by atoms with Crippen molar-refractivity contribution in [2.45, 2.75) is 52.9 Å². The number of thiazole rings is 1. The monoisotopic (exact) mass is 276 g/mol. The van der Waals surface area contributed by atoms with Gasteiger partial charge in [-0.3, -0.25) is 4.79 Å². The number of carbonyl (C=O) groups is 1. The van der Waals surface area contributed by atoms with E-state index < -0.39 is 5.41 Å². The van der Waals surface area contributed by atoms with E-state index in [9.17, 15) is 10.1 Å². The van der Waals surface area contributed by atoms with Crippen LogP contribution in [0.15, 0.2) is 5.51 Å². The summed E-state index contributed by atoms with van der Waals surface area (Å²) in [6.45, 7) is 5.93. The lowest BCUT2D eigenvalue weighted by atomic mass is 9.61. The second-order valence-corrected chi connectivity index (χ2v) is 7.06. The van der Waals surface area contributed by atoms with Crippen LogP contribution >= 0.6 is 11.3 Å². The standard InChI is InChI=1S/C15H20N2OS/c1-11-12(19-10-17-11)5-8-15(9-16)7-4-6-14(2,3)13(15)18/h10H,4-8H2,1-3H3. The molecule has 0 radical (unpaired) electrons. The minimum Gasteiger partial charge on any atom is -0.297 e. The number of aromatic nitrogens is 1. The van der Waals surface area contributed by atoms with Crippen molar-refractivity contribution in [1.82, 2.24) is 4.98 Å². The maximum absolute atomic E-state index is 12.6. The summed E-state index contributed by atoms with van der Waals surface area (Å²) >= 11 is 1.62. The first kappa shape index (κ1) is 14.2. The molecule has 1 aliphatic rings. The molecule has 0 N–H and O–H groups in total. The van der Waals surface area contributed by atoms with Gasteiger partial charge in [-0.1, -0.05) is 20.3 Å². The quantitative estimate of drug-likeness (QED) is 0.846. The Morgan fingerprint density at radius 1 is 1.47 bits per heavy atom. The van der Waals surface area contributed by atoms with Crippen molar-refractivity contribution in [1.29, 1.82) is 5.26 Å². The van der Waals surface area contributed by atoms with E-state index in [1.54, 1.807) is 11.3 Å². The largest absolute Gasteiger partial charge is 0.297 e. The number of hydrogen-bond acceptors (Lipinski definition) is 4. The lowest BCUT2D eigenvalue weighted by Gasteiger charge is -2.39. The maximum Gasteiger partial charge on any atom is 0.158 e. The molecule has 1 atom stereocenters. The van der Waals surface area contributed by atoms with Gasteiger partial charge in [0.15, 0.2) is 5.78 Å². The predicted octanol–water partition coefficient (Wildman–Crippen LogP) is 3.67. The normalized spacial score (nSPS) is 26.1. The van der Waals surface area contributed by atoms with Crippen molar-refractivity contribution in [3.05, 3.63) is 16.1 Å². The van der Waals surface area contributed by atoms with Gasteiger partial charge in [0.05, 0.1) is 17.3 Å². The Hall–Kier alpha value is -1.21. The van der Waals surface area contributed by atoms with Crippen LogP contribution in [0.25, 0.3) is 0 Å². The second-order valence-electron chi connectivity index (χ2n) is 6.12. The molecule has 0 aromatic carbocycles. The number of carbonyl (C=O) groups excluding carboxylic acids is 1. The first-order valence-electron chi connectivity index (χ1n) is 6.76. The maximum atomic E-state index is 12.6. The van der Waals surface area contributed by atoms with Crippen molar-refractivity contribution in [2.24, 2.45) is 10.8 Å². The Morgan fingerprint density at radius 2 is 2.21 bits per heavy atom. The summed E-state index contributed by atoms with van der Waals surface area (Å²) in [5, 5.41) is 9.56. The molecule has 1 aromatic rings. The number of rotatable bonds is 3. The zero-order valence-corrected chi connectivity index (χ0v) is 12.6. The lowest BCUT2D eigenvalue weighted by molar-refractivity contribution is -0.138. The number of hydrogen-bond donors (Lipinski definition) is 0. The minimum atomic E-state index is -0.780. The molecule has 3 nitrogen and oxygen atoms in total. The smallest absolute Gasteiger partial charge is 0.158 e. The van der Waals surface area contributed by atoms with Gasteiger partial charge in [-0.05, 0) is 32.6 Å². The van der Waals surface area contributed by atoms with Gasteiger partial charge in [-0.15, -0.1) is 11.3 Å². The first-order valence-corrected chi connectivity index (χ1v) is 7.64. The van der Waals surface area contributed by atoms with Gasteiger partial charge in [0.2, 0.25) is 0 Å². The highest BCUT2D eigenvalue weighted by Gasteiger charge is 2.48. The molecule has 1 saturated carbocycles. The Bertz CT molecular complexity index is 526. The number of nitriles is 1. The van der Waals surface area contributed by atoms with Crippen LogP contribution in [0.3, 0.4) is 0 Å². The molecule has 2 rings (SSSR count). The molecule has 0 spiro atoms. The molecule has 4 heteroatoms. The predicted molar refractivity (Wildman–Crippen MR) is 75.9 cm³/mol. The van der Waals surface area contributed by atoms with Gasteiger partial charge in [0, 0.05) is 10.3 Å². The molecule has 0 bridgehead atoms. The van der Waals surface area contributed by atoms with Gasteiger partial charge in [-0.25, -0.2) is 4.98 Å². The van der Waals surface area contributed by atoms with Crippen molar-refractivity contribution < 1.29 is 4.79 Å². The van der Waals surface area contributed by atoms with Crippen LogP contribution in [0, 0.1) is 29.1 Å². The summed E-state index contributed by atoms with van der Waals surface area (Å²) in [7, 11) is 0. The van der Waals surface area contributed by atoms with Crippen LogP contribution in [0.2, 0.25) is 0 Å². The minimum absolute atomic E-state index is 0.135. The van der Waals surface area contributed by atoms with Crippen LogP contribution in [0.4, 0.5) is 0 Å². The van der Waals surface area contributed by atoms with E-state index in [-0.39, 0.29) is 11.2 Å². The molecular weight excluding hydrogens is 256 g/mol. The van der Waals surface area contributed by atoms with Crippen LogP contribution in [0.5, 0.6) is 0 Å². The SMILES string of the molecule is Cc1ncsc1CCC1(C#N)CCCC(C)(C)C1=O. The molecular formula is C15H20N2OS. The van der Waals surface area contributed by atoms with Gasteiger partial charge in [-0.2, -0.15) is 5.26 Å². The fourth-order valence-corrected chi connectivity index (χ4v) is 3.78. The molecule has 0 amide bonds. The highest BCUT2D eigenvalue weighted by atomic mass is 32.1. The number of Topliss-reactive ketones (excluding diaryl/α,β-unsaturated/α-hetero) is 1. The molecule has 1 aliphatic carbocycles. The number of ketones is 1. The van der Waals surface area contributed by atoms with E-state index in [1.807, 2.05) is 26.3 Å². The van der Waals surface area contributed by atoms with E-state index in [1.165, 1.54) is 4.88 Å².